The van der Waals surface area contributed by atoms with Crippen LogP contribution in [-0.2, 0) is 4.79 Å². The molecule has 1 rings (SSSR count). The van der Waals surface area contributed by atoms with Crippen molar-refractivity contribution in [2.75, 3.05) is 6.54 Å². The Kier molecular flexibility index (Phi) is 4.19. The zero-order valence-electron chi connectivity index (χ0n) is 8.40. The molecule has 0 bridgehead atoms. The SMILES string of the molecule is O=C(O)CCCNC(=O)c1ccc(=O)[nH]n1. The van der Waals surface area contributed by atoms with E-state index in [0.29, 0.717) is 6.42 Å². The highest BCUT2D eigenvalue weighted by Crippen LogP contribution is 1.90. The van der Waals surface area contributed by atoms with Gasteiger partial charge in [0.1, 0.15) is 5.69 Å². The number of H-pyrrole nitrogens is 1. The van der Waals surface area contributed by atoms with Crippen LogP contribution < -0.4 is 10.9 Å². The molecule has 16 heavy (non-hydrogen) atoms. The van der Waals surface area contributed by atoms with E-state index in [1.54, 1.807) is 0 Å². The maximum absolute atomic E-state index is 11.4. The normalized spacial score (nSPS) is 9.75. The Morgan fingerprint density at radius 1 is 1.44 bits per heavy atom. The zero-order chi connectivity index (χ0) is 12.0. The van der Waals surface area contributed by atoms with Gasteiger partial charge in [0.15, 0.2) is 0 Å². The van der Waals surface area contributed by atoms with Gasteiger partial charge in [-0.25, -0.2) is 5.10 Å². The van der Waals surface area contributed by atoms with Crippen molar-refractivity contribution in [2.45, 2.75) is 12.8 Å². The van der Waals surface area contributed by atoms with Crippen molar-refractivity contribution in [3.05, 3.63) is 28.2 Å². The van der Waals surface area contributed by atoms with Crippen molar-refractivity contribution in [2.24, 2.45) is 0 Å². The summed E-state index contributed by atoms with van der Waals surface area (Å²) in [6, 6.07) is 2.49. The third-order valence-corrected chi connectivity index (χ3v) is 1.76. The number of hydrogen-bond acceptors (Lipinski definition) is 4. The molecule has 0 saturated carbocycles. The van der Waals surface area contributed by atoms with E-state index in [0.717, 1.165) is 0 Å². The number of carboxylic acid groups (broad SMARTS) is 1. The van der Waals surface area contributed by atoms with Crippen molar-refractivity contribution in [3.63, 3.8) is 0 Å². The van der Waals surface area contributed by atoms with Gasteiger partial charge >= 0.3 is 5.97 Å². The average Bonchev–Trinajstić information content (AvgIpc) is 2.25. The second kappa shape index (κ2) is 5.64. The highest BCUT2D eigenvalue weighted by atomic mass is 16.4. The molecule has 0 saturated heterocycles. The first-order valence-electron chi connectivity index (χ1n) is 4.65. The molecule has 0 aliphatic carbocycles. The Hall–Kier alpha value is -2.18. The number of amides is 1. The molecular formula is C9H11N3O4. The van der Waals surface area contributed by atoms with E-state index in [4.69, 9.17) is 5.11 Å². The van der Waals surface area contributed by atoms with Gasteiger partial charge in [-0.1, -0.05) is 0 Å². The van der Waals surface area contributed by atoms with Crippen LogP contribution >= 0.6 is 0 Å². The van der Waals surface area contributed by atoms with Gasteiger partial charge < -0.3 is 10.4 Å². The van der Waals surface area contributed by atoms with Gasteiger partial charge in [-0.2, -0.15) is 5.10 Å². The van der Waals surface area contributed by atoms with Gasteiger partial charge in [0, 0.05) is 19.0 Å². The van der Waals surface area contributed by atoms with Gasteiger partial charge in [0.25, 0.3) is 11.5 Å². The summed E-state index contributed by atoms with van der Waals surface area (Å²) in [5, 5.41) is 16.5. The molecule has 1 aromatic rings. The van der Waals surface area contributed by atoms with Gasteiger partial charge in [-0.05, 0) is 12.5 Å². The molecule has 0 spiro atoms. The van der Waals surface area contributed by atoms with E-state index in [1.807, 2.05) is 0 Å². The van der Waals surface area contributed by atoms with Gasteiger partial charge in [-0.15, -0.1) is 0 Å². The lowest BCUT2D eigenvalue weighted by Gasteiger charge is -2.02. The van der Waals surface area contributed by atoms with Crippen molar-refractivity contribution < 1.29 is 14.7 Å². The average molecular weight is 225 g/mol. The van der Waals surface area contributed by atoms with E-state index in [-0.39, 0.29) is 24.2 Å². The molecule has 0 radical (unpaired) electrons. The van der Waals surface area contributed by atoms with Crippen LogP contribution in [0.5, 0.6) is 0 Å². The van der Waals surface area contributed by atoms with Crippen molar-refractivity contribution in [1.82, 2.24) is 15.5 Å². The molecule has 0 aromatic carbocycles. The quantitative estimate of drug-likeness (QED) is 0.577. The van der Waals surface area contributed by atoms with Crippen LogP contribution in [0.15, 0.2) is 16.9 Å². The lowest BCUT2D eigenvalue weighted by atomic mass is 10.3. The number of aromatic amines is 1. The van der Waals surface area contributed by atoms with Crippen LogP contribution in [0.3, 0.4) is 0 Å². The third-order valence-electron chi connectivity index (χ3n) is 1.76. The number of aromatic nitrogens is 2. The van der Waals surface area contributed by atoms with Crippen molar-refractivity contribution in [3.8, 4) is 0 Å². The van der Waals surface area contributed by atoms with Crippen LogP contribution in [-0.4, -0.2) is 33.7 Å². The first-order chi connectivity index (χ1) is 7.59. The summed E-state index contributed by atoms with van der Waals surface area (Å²) in [6.07, 6.45) is 0.351. The summed E-state index contributed by atoms with van der Waals surface area (Å²) >= 11 is 0. The number of hydrogen-bond donors (Lipinski definition) is 3. The highest BCUT2D eigenvalue weighted by Gasteiger charge is 2.06. The van der Waals surface area contributed by atoms with E-state index in [9.17, 15) is 14.4 Å². The minimum atomic E-state index is -0.906. The molecule has 0 aliphatic rings. The lowest BCUT2D eigenvalue weighted by molar-refractivity contribution is -0.137. The first kappa shape index (κ1) is 11.9. The number of aliphatic carboxylic acids is 1. The van der Waals surface area contributed by atoms with Gasteiger partial charge in [0.05, 0.1) is 0 Å². The van der Waals surface area contributed by atoms with Gasteiger partial charge in [0.2, 0.25) is 0 Å². The van der Waals surface area contributed by atoms with E-state index < -0.39 is 11.9 Å². The minimum Gasteiger partial charge on any atom is -0.481 e. The van der Waals surface area contributed by atoms with Crippen LogP contribution in [0.1, 0.15) is 23.3 Å². The molecule has 7 nitrogen and oxygen atoms in total. The van der Waals surface area contributed by atoms with Gasteiger partial charge in [-0.3, -0.25) is 14.4 Å². The fraction of sp³-hybridized carbons (Fsp3) is 0.333. The summed E-state index contributed by atoms with van der Waals surface area (Å²) in [5.74, 6) is -1.35. The first-order valence-corrected chi connectivity index (χ1v) is 4.65. The molecule has 0 aliphatic heterocycles. The second-order valence-corrected chi connectivity index (χ2v) is 3.06. The molecule has 0 unspecified atom stereocenters. The maximum Gasteiger partial charge on any atom is 0.303 e. The number of carbonyl (C=O) groups is 2. The van der Waals surface area contributed by atoms with Crippen LogP contribution in [0, 0.1) is 0 Å². The summed E-state index contributed by atoms with van der Waals surface area (Å²) in [4.78, 5) is 32.2. The Morgan fingerprint density at radius 3 is 2.75 bits per heavy atom. The molecule has 86 valence electrons. The molecule has 1 amide bonds. The third kappa shape index (κ3) is 3.91. The molecule has 1 aromatic heterocycles. The predicted molar refractivity (Wildman–Crippen MR) is 54.1 cm³/mol. The van der Waals surface area contributed by atoms with E-state index >= 15 is 0 Å². The number of rotatable bonds is 5. The maximum atomic E-state index is 11.4. The molecule has 3 N–H and O–H groups in total. The fourth-order valence-corrected chi connectivity index (χ4v) is 1.00. The lowest BCUT2D eigenvalue weighted by Crippen LogP contribution is -2.27. The Labute approximate surface area is 90.5 Å². The summed E-state index contributed by atoms with van der Waals surface area (Å²) in [6.45, 7) is 0.256. The Morgan fingerprint density at radius 2 is 2.19 bits per heavy atom. The van der Waals surface area contributed by atoms with Crippen LogP contribution in [0.2, 0.25) is 0 Å². The number of carbonyl (C=O) groups excluding carboxylic acids is 1. The monoisotopic (exact) mass is 225 g/mol. The van der Waals surface area contributed by atoms with Crippen LogP contribution in [0.25, 0.3) is 0 Å². The van der Waals surface area contributed by atoms with E-state index in [2.05, 4.69) is 15.5 Å². The second-order valence-electron chi connectivity index (χ2n) is 3.06. The predicted octanol–water partition coefficient (Wildman–Crippen LogP) is -0.635. The topological polar surface area (TPSA) is 112 Å². The summed E-state index contributed by atoms with van der Waals surface area (Å²) in [5.41, 5.74) is -0.294. The molecule has 0 atom stereocenters. The zero-order valence-corrected chi connectivity index (χ0v) is 8.40. The highest BCUT2D eigenvalue weighted by molar-refractivity contribution is 5.91. The summed E-state index contributed by atoms with van der Waals surface area (Å²) < 4.78 is 0. The number of carboxylic acids is 1. The molecule has 1 heterocycles. The largest absolute Gasteiger partial charge is 0.481 e. The Balaban J connectivity index is 2.38. The smallest absolute Gasteiger partial charge is 0.303 e. The minimum absolute atomic E-state index is 0.000663. The number of nitrogens with one attached hydrogen (secondary N) is 2. The van der Waals surface area contributed by atoms with Crippen molar-refractivity contribution in [1.29, 1.82) is 0 Å². The van der Waals surface area contributed by atoms with Crippen molar-refractivity contribution >= 4 is 11.9 Å². The fourth-order valence-electron chi connectivity index (χ4n) is 1.00. The Bertz CT molecular complexity index is 420. The number of nitrogens with zero attached hydrogens (tertiary/aromatic N) is 1. The standard InChI is InChI=1S/C9H11N3O4/c13-7-4-3-6(11-12-7)9(16)10-5-1-2-8(14)15/h3-4H,1-2,5H2,(H,10,16)(H,12,13)(H,14,15). The van der Waals surface area contributed by atoms with Crippen LogP contribution in [0.4, 0.5) is 0 Å². The molecule has 0 fully saturated rings. The molecular weight excluding hydrogens is 214 g/mol. The summed E-state index contributed by atoms with van der Waals surface area (Å²) in [7, 11) is 0. The van der Waals surface area contributed by atoms with E-state index in [1.165, 1.54) is 12.1 Å². The molecule has 7 heteroatoms.